The second-order valence-electron chi connectivity index (χ2n) is 6.84. The van der Waals surface area contributed by atoms with E-state index in [1.165, 1.54) is 0 Å². The number of ether oxygens (including phenoxy) is 1. The van der Waals surface area contributed by atoms with Crippen LogP contribution in [0, 0.1) is 0 Å². The number of carbonyl (C=O) groups is 2. The van der Waals surface area contributed by atoms with Crippen LogP contribution < -0.4 is 10.6 Å². The number of amides is 2. The van der Waals surface area contributed by atoms with Gasteiger partial charge < -0.3 is 15.4 Å². The van der Waals surface area contributed by atoms with Crippen molar-refractivity contribution in [3.8, 4) is 5.69 Å². The van der Waals surface area contributed by atoms with Crippen molar-refractivity contribution < 1.29 is 14.3 Å². The Morgan fingerprint density at radius 3 is 2.62 bits per heavy atom. The van der Waals surface area contributed by atoms with Crippen LogP contribution in [0.5, 0.6) is 0 Å². The zero-order chi connectivity index (χ0) is 20.1. The highest BCUT2D eigenvalue weighted by molar-refractivity contribution is 6.09. The summed E-state index contributed by atoms with van der Waals surface area (Å²) in [6, 6.07) is 15.9. The minimum absolute atomic E-state index is 0.0639. The maximum atomic E-state index is 12.7. The molecule has 4 rings (SSSR count). The van der Waals surface area contributed by atoms with Crippen molar-refractivity contribution >= 4 is 17.5 Å². The van der Waals surface area contributed by atoms with E-state index in [4.69, 9.17) is 4.74 Å². The summed E-state index contributed by atoms with van der Waals surface area (Å²) in [5.74, 6) is -0.512. The van der Waals surface area contributed by atoms with Crippen molar-refractivity contribution in [2.75, 3.05) is 18.5 Å². The molecule has 1 aliphatic rings. The van der Waals surface area contributed by atoms with Gasteiger partial charge >= 0.3 is 0 Å². The lowest BCUT2D eigenvalue weighted by Gasteiger charge is -2.14. The molecule has 2 amide bonds. The summed E-state index contributed by atoms with van der Waals surface area (Å²) in [6.45, 7) is 1.21. The first-order valence-corrected chi connectivity index (χ1v) is 9.61. The van der Waals surface area contributed by atoms with Crippen molar-refractivity contribution in [2.45, 2.75) is 18.9 Å². The molecule has 29 heavy (non-hydrogen) atoms. The average molecular weight is 390 g/mol. The van der Waals surface area contributed by atoms with E-state index >= 15 is 0 Å². The summed E-state index contributed by atoms with van der Waals surface area (Å²) >= 11 is 0. The molecule has 1 aliphatic heterocycles. The molecular weight excluding hydrogens is 368 g/mol. The highest BCUT2D eigenvalue weighted by atomic mass is 16.5. The van der Waals surface area contributed by atoms with Crippen LogP contribution in [0.3, 0.4) is 0 Å². The fourth-order valence-electron chi connectivity index (χ4n) is 3.28. The van der Waals surface area contributed by atoms with Gasteiger partial charge in [-0.05, 0) is 55.3 Å². The van der Waals surface area contributed by atoms with Gasteiger partial charge in [0.2, 0.25) is 0 Å². The van der Waals surface area contributed by atoms with E-state index in [0.717, 1.165) is 25.1 Å². The number of nitrogens with one attached hydrogen (secondary N) is 2. The fraction of sp³-hybridized carbons (Fsp3) is 0.227. The molecular formula is C22H22N4O3. The van der Waals surface area contributed by atoms with Crippen LogP contribution in [-0.2, 0) is 4.74 Å². The monoisotopic (exact) mass is 390 g/mol. The van der Waals surface area contributed by atoms with Crippen LogP contribution in [0.2, 0.25) is 0 Å². The van der Waals surface area contributed by atoms with Crippen LogP contribution in [0.15, 0.2) is 67.0 Å². The molecule has 2 heterocycles. The van der Waals surface area contributed by atoms with Gasteiger partial charge in [0.05, 0.1) is 23.0 Å². The Bertz CT molecular complexity index is 978. The number of hydrogen-bond donors (Lipinski definition) is 2. The standard InChI is InChI=1S/C22H22N4O3/c27-21(16-8-10-17(11-9-16)26-13-4-12-24-26)25-20-7-2-1-6-19(20)22(28)23-15-18-5-3-14-29-18/h1-2,4,6-13,18H,3,5,14-15H2,(H,23,28)(H,25,27)/t18-/m1/s1. The molecule has 0 aliphatic carbocycles. The lowest BCUT2D eigenvalue weighted by atomic mass is 10.1. The molecule has 0 unspecified atom stereocenters. The van der Waals surface area contributed by atoms with Gasteiger partial charge in [-0.3, -0.25) is 9.59 Å². The van der Waals surface area contributed by atoms with Gasteiger partial charge in [0.25, 0.3) is 11.8 Å². The summed E-state index contributed by atoms with van der Waals surface area (Å²) in [5.41, 5.74) is 2.25. The number of aromatic nitrogens is 2. The Labute approximate surface area is 168 Å². The van der Waals surface area contributed by atoms with Crippen molar-refractivity contribution in [2.24, 2.45) is 0 Å². The number of hydrogen-bond acceptors (Lipinski definition) is 4. The SMILES string of the molecule is O=C(Nc1ccccc1C(=O)NC[C@H]1CCCO1)c1ccc(-n2cccn2)cc1. The predicted octanol–water partition coefficient (Wildman–Crippen LogP) is 3.03. The molecule has 1 atom stereocenters. The maximum Gasteiger partial charge on any atom is 0.255 e. The Kier molecular flexibility index (Phi) is 5.67. The normalized spacial score (nSPS) is 15.8. The average Bonchev–Trinajstić information content (AvgIpc) is 3.47. The van der Waals surface area contributed by atoms with Crippen LogP contribution in [0.1, 0.15) is 33.6 Å². The second kappa shape index (κ2) is 8.70. The molecule has 1 fully saturated rings. The van der Waals surface area contributed by atoms with Crippen molar-refractivity contribution in [3.63, 3.8) is 0 Å². The molecule has 7 heteroatoms. The molecule has 3 aromatic rings. The molecule has 0 radical (unpaired) electrons. The van der Waals surface area contributed by atoms with E-state index < -0.39 is 0 Å². The minimum Gasteiger partial charge on any atom is -0.376 e. The number of nitrogens with zero attached hydrogens (tertiary/aromatic N) is 2. The molecule has 0 spiro atoms. The summed E-state index contributed by atoms with van der Waals surface area (Å²) in [5, 5.41) is 9.90. The van der Waals surface area contributed by atoms with E-state index in [1.807, 2.05) is 24.4 Å². The van der Waals surface area contributed by atoms with Gasteiger partial charge in [-0.15, -0.1) is 0 Å². The highest BCUT2D eigenvalue weighted by Gasteiger charge is 2.18. The van der Waals surface area contributed by atoms with Gasteiger partial charge in [-0.25, -0.2) is 4.68 Å². The third-order valence-electron chi connectivity index (χ3n) is 4.83. The van der Waals surface area contributed by atoms with Gasteiger partial charge in [-0.2, -0.15) is 5.10 Å². The van der Waals surface area contributed by atoms with Gasteiger partial charge in [-0.1, -0.05) is 12.1 Å². The minimum atomic E-state index is -0.281. The Balaban J connectivity index is 1.43. The van der Waals surface area contributed by atoms with E-state index in [2.05, 4.69) is 15.7 Å². The molecule has 1 saturated heterocycles. The quantitative estimate of drug-likeness (QED) is 0.678. The van der Waals surface area contributed by atoms with E-state index in [1.54, 1.807) is 47.3 Å². The van der Waals surface area contributed by atoms with Crippen molar-refractivity contribution in [1.29, 1.82) is 0 Å². The highest BCUT2D eigenvalue weighted by Crippen LogP contribution is 2.18. The van der Waals surface area contributed by atoms with Crippen molar-refractivity contribution in [3.05, 3.63) is 78.1 Å². The summed E-state index contributed by atoms with van der Waals surface area (Å²) in [6.07, 6.45) is 5.57. The molecule has 1 aromatic heterocycles. The third-order valence-corrected chi connectivity index (χ3v) is 4.83. The topological polar surface area (TPSA) is 85.3 Å². The first-order chi connectivity index (χ1) is 14.2. The molecule has 2 aromatic carbocycles. The Morgan fingerprint density at radius 2 is 1.90 bits per heavy atom. The lowest BCUT2D eigenvalue weighted by Crippen LogP contribution is -2.32. The molecule has 0 bridgehead atoms. The summed E-state index contributed by atoms with van der Waals surface area (Å²) < 4.78 is 7.26. The smallest absolute Gasteiger partial charge is 0.255 e. The first-order valence-electron chi connectivity index (χ1n) is 9.61. The second-order valence-corrected chi connectivity index (χ2v) is 6.84. The maximum absolute atomic E-state index is 12.7. The van der Waals surface area contributed by atoms with Gasteiger partial charge in [0, 0.05) is 31.1 Å². The molecule has 0 saturated carbocycles. The molecule has 2 N–H and O–H groups in total. The summed E-state index contributed by atoms with van der Waals surface area (Å²) in [4.78, 5) is 25.3. The van der Waals surface area contributed by atoms with Gasteiger partial charge in [0.15, 0.2) is 0 Å². The first kappa shape index (κ1) is 18.9. The van der Waals surface area contributed by atoms with E-state index in [0.29, 0.717) is 23.4 Å². The van der Waals surface area contributed by atoms with Crippen LogP contribution >= 0.6 is 0 Å². The van der Waals surface area contributed by atoms with Crippen molar-refractivity contribution in [1.82, 2.24) is 15.1 Å². The van der Waals surface area contributed by atoms with Gasteiger partial charge in [0.1, 0.15) is 0 Å². The Morgan fingerprint density at radius 1 is 1.07 bits per heavy atom. The predicted molar refractivity (Wildman–Crippen MR) is 109 cm³/mol. The zero-order valence-electron chi connectivity index (χ0n) is 15.9. The van der Waals surface area contributed by atoms with Crippen LogP contribution in [-0.4, -0.2) is 40.9 Å². The number of rotatable bonds is 6. The zero-order valence-corrected chi connectivity index (χ0v) is 15.9. The Hall–Kier alpha value is -3.45. The number of anilines is 1. The number of carbonyl (C=O) groups excluding carboxylic acids is 2. The van der Waals surface area contributed by atoms with Crippen LogP contribution in [0.25, 0.3) is 5.69 Å². The molecule has 7 nitrogen and oxygen atoms in total. The van der Waals surface area contributed by atoms with E-state index in [-0.39, 0.29) is 17.9 Å². The third kappa shape index (κ3) is 4.52. The fourth-order valence-corrected chi connectivity index (χ4v) is 3.28. The number of para-hydroxylation sites is 1. The largest absolute Gasteiger partial charge is 0.376 e. The number of benzene rings is 2. The van der Waals surface area contributed by atoms with Crippen LogP contribution in [0.4, 0.5) is 5.69 Å². The van der Waals surface area contributed by atoms with E-state index in [9.17, 15) is 9.59 Å². The lowest BCUT2D eigenvalue weighted by molar-refractivity contribution is 0.0858. The molecule has 148 valence electrons. The summed E-state index contributed by atoms with van der Waals surface area (Å²) in [7, 11) is 0.